The molecule has 0 bridgehead atoms. The topological polar surface area (TPSA) is 24.4 Å². The lowest BCUT2D eigenvalue weighted by molar-refractivity contribution is 0.463. The largest absolute Gasteiger partial charge is 0.368 e. The quantitative estimate of drug-likeness (QED) is 0.517. The van der Waals surface area contributed by atoms with Crippen molar-refractivity contribution in [1.29, 1.82) is 0 Å². The van der Waals surface area contributed by atoms with Gasteiger partial charge in [-0.2, -0.15) is 0 Å². The molecular formula is C7H12N2. The minimum atomic E-state index is -0.0977. The molecule has 0 aromatic heterocycles. The monoisotopic (exact) mass is 124 g/mol. The van der Waals surface area contributed by atoms with E-state index in [0.29, 0.717) is 0 Å². The zero-order chi connectivity index (χ0) is 6.91. The molecule has 1 rings (SSSR count). The van der Waals surface area contributed by atoms with E-state index in [0.717, 1.165) is 0 Å². The van der Waals surface area contributed by atoms with Gasteiger partial charge in [0.25, 0.3) is 0 Å². The molecule has 1 aliphatic rings. The fraction of sp³-hybridized carbons (Fsp3) is 0.571. The van der Waals surface area contributed by atoms with Crippen LogP contribution < -0.4 is 5.32 Å². The van der Waals surface area contributed by atoms with E-state index in [2.05, 4.69) is 10.3 Å². The van der Waals surface area contributed by atoms with Gasteiger partial charge < -0.3 is 5.32 Å². The molecule has 0 unspecified atom stereocenters. The van der Waals surface area contributed by atoms with E-state index in [4.69, 9.17) is 0 Å². The van der Waals surface area contributed by atoms with Gasteiger partial charge in [0, 0.05) is 12.4 Å². The average molecular weight is 124 g/mol. The zero-order valence-electron chi connectivity index (χ0n) is 6.10. The van der Waals surface area contributed by atoms with Gasteiger partial charge in [-0.05, 0) is 26.3 Å². The highest BCUT2D eigenvalue weighted by Crippen LogP contribution is 2.08. The van der Waals surface area contributed by atoms with E-state index in [1.165, 1.54) is 5.57 Å². The van der Waals surface area contributed by atoms with Crippen molar-refractivity contribution in [3.63, 3.8) is 0 Å². The summed E-state index contributed by atoms with van der Waals surface area (Å²) in [5.41, 5.74) is 1.08. The third-order valence-corrected chi connectivity index (χ3v) is 1.24. The summed E-state index contributed by atoms with van der Waals surface area (Å²) in [6.07, 6.45) is 3.86. The molecule has 0 atom stereocenters. The highest BCUT2D eigenvalue weighted by Gasteiger charge is 2.13. The first-order chi connectivity index (χ1) is 4.10. The van der Waals surface area contributed by atoms with E-state index < -0.39 is 0 Å². The van der Waals surface area contributed by atoms with Gasteiger partial charge in [-0.15, -0.1) is 0 Å². The SMILES string of the molecule is CC1=CNC(C)(C)N=C1. The molecule has 0 aromatic carbocycles. The number of nitrogens with one attached hydrogen (secondary N) is 1. The average Bonchev–Trinajstić information content (AvgIpc) is 1.78. The Labute approximate surface area is 55.7 Å². The van der Waals surface area contributed by atoms with E-state index in [9.17, 15) is 0 Å². The first kappa shape index (κ1) is 6.33. The Morgan fingerprint density at radius 1 is 1.56 bits per heavy atom. The van der Waals surface area contributed by atoms with Crippen molar-refractivity contribution in [2.75, 3.05) is 0 Å². The molecule has 1 N–H and O–H groups in total. The molecule has 0 amide bonds. The van der Waals surface area contributed by atoms with Crippen LogP contribution in [0.3, 0.4) is 0 Å². The molecule has 9 heavy (non-hydrogen) atoms. The smallest absolute Gasteiger partial charge is 0.123 e. The Hall–Kier alpha value is -0.790. The first-order valence-electron chi connectivity index (χ1n) is 3.10. The van der Waals surface area contributed by atoms with Crippen molar-refractivity contribution < 1.29 is 0 Å². The predicted molar refractivity (Wildman–Crippen MR) is 39.5 cm³/mol. The fourth-order valence-electron chi connectivity index (χ4n) is 0.628. The van der Waals surface area contributed by atoms with Gasteiger partial charge in [-0.1, -0.05) is 0 Å². The van der Waals surface area contributed by atoms with Crippen LogP contribution in [0.4, 0.5) is 0 Å². The van der Waals surface area contributed by atoms with Crippen LogP contribution in [0.1, 0.15) is 20.8 Å². The number of hydrogen-bond acceptors (Lipinski definition) is 2. The van der Waals surface area contributed by atoms with E-state index in [1.54, 1.807) is 0 Å². The van der Waals surface area contributed by atoms with Crippen molar-refractivity contribution >= 4 is 6.21 Å². The minimum Gasteiger partial charge on any atom is -0.368 e. The molecule has 2 nitrogen and oxygen atoms in total. The molecule has 0 aliphatic carbocycles. The van der Waals surface area contributed by atoms with Crippen LogP contribution in [-0.2, 0) is 0 Å². The second-order valence-corrected chi connectivity index (χ2v) is 2.85. The van der Waals surface area contributed by atoms with Gasteiger partial charge in [0.05, 0.1) is 0 Å². The Kier molecular flexibility index (Phi) is 1.31. The first-order valence-corrected chi connectivity index (χ1v) is 3.10. The van der Waals surface area contributed by atoms with Crippen LogP contribution in [0.2, 0.25) is 0 Å². The van der Waals surface area contributed by atoms with E-state index in [1.807, 2.05) is 33.2 Å². The van der Waals surface area contributed by atoms with Gasteiger partial charge in [-0.3, -0.25) is 4.99 Å². The van der Waals surface area contributed by atoms with Crippen molar-refractivity contribution in [3.05, 3.63) is 11.8 Å². The summed E-state index contributed by atoms with van der Waals surface area (Å²) in [6.45, 7) is 6.09. The minimum absolute atomic E-state index is 0.0977. The van der Waals surface area contributed by atoms with Crippen LogP contribution in [0, 0.1) is 0 Å². The maximum absolute atomic E-state index is 4.24. The molecule has 0 fully saturated rings. The summed E-state index contributed by atoms with van der Waals surface area (Å²) in [4.78, 5) is 4.24. The Bertz CT molecular complexity index is 166. The molecule has 2 heteroatoms. The normalized spacial score (nSPS) is 22.8. The summed E-state index contributed by atoms with van der Waals surface area (Å²) in [5.74, 6) is 0. The van der Waals surface area contributed by atoms with E-state index >= 15 is 0 Å². The molecule has 0 radical (unpaired) electrons. The van der Waals surface area contributed by atoms with Gasteiger partial charge >= 0.3 is 0 Å². The maximum Gasteiger partial charge on any atom is 0.123 e. The Morgan fingerprint density at radius 2 is 2.22 bits per heavy atom. The molecule has 1 heterocycles. The van der Waals surface area contributed by atoms with Crippen LogP contribution in [0.15, 0.2) is 16.8 Å². The molecule has 0 aromatic rings. The van der Waals surface area contributed by atoms with Crippen LogP contribution >= 0.6 is 0 Å². The van der Waals surface area contributed by atoms with Gasteiger partial charge in [0.15, 0.2) is 0 Å². The van der Waals surface area contributed by atoms with Crippen LogP contribution in [0.5, 0.6) is 0 Å². The molecule has 0 spiro atoms. The summed E-state index contributed by atoms with van der Waals surface area (Å²) in [6, 6.07) is 0. The summed E-state index contributed by atoms with van der Waals surface area (Å²) >= 11 is 0. The maximum atomic E-state index is 4.24. The fourth-order valence-corrected chi connectivity index (χ4v) is 0.628. The van der Waals surface area contributed by atoms with Crippen LogP contribution in [-0.4, -0.2) is 11.9 Å². The summed E-state index contributed by atoms with van der Waals surface area (Å²) in [5, 5.41) is 3.15. The number of nitrogens with zero attached hydrogens (tertiary/aromatic N) is 1. The second-order valence-electron chi connectivity index (χ2n) is 2.85. The Balaban J connectivity index is 2.70. The van der Waals surface area contributed by atoms with Crippen molar-refractivity contribution in [2.45, 2.75) is 26.4 Å². The molecule has 0 saturated carbocycles. The molecule has 50 valence electrons. The summed E-state index contributed by atoms with van der Waals surface area (Å²) < 4.78 is 0. The van der Waals surface area contributed by atoms with Gasteiger partial charge in [0.2, 0.25) is 0 Å². The lowest BCUT2D eigenvalue weighted by Gasteiger charge is -2.23. The molecule has 1 aliphatic heterocycles. The van der Waals surface area contributed by atoms with Crippen molar-refractivity contribution in [2.24, 2.45) is 4.99 Å². The lowest BCUT2D eigenvalue weighted by Crippen LogP contribution is -2.35. The van der Waals surface area contributed by atoms with Gasteiger partial charge in [-0.25, -0.2) is 0 Å². The predicted octanol–water partition coefficient (Wildman–Crippen LogP) is 1.30. The van der Waals surface area contributed by atoms with E-state index in [-0.39, 0.29) is 5.66 Å². The zero-order valence-corrected chi connectivity index (χ0v) is 6.10. The van der Waals surface area contributed by atoms with Crippen molar-refractivity contribution in [1.82, 2.24) is 5.32 Å². The standard InChI is InChI=1S/C7H12N2/c1-6-4-8-7(2,3)9-5-6/h4-5,8H,1-3H3. The van der Waals surface area contributed by atoms with Gasteiger partial charge in [0.1, 0.15) is 5.66 Å². The molecular weight excluding hydrogens is 112 g/mol. The Morgan fingerprint density at radius 3 is 2.56 bits per heavy atom. The van der Waals surface area contributed by atoms with Crippen LogP contribution in [0.25, 0.3) is 0 Å². The number of aliphatic imine (C=N–C) groups is 1. The third kappa shape index (κ3) is 1.56. The number of hydrogen-bond donors (Lipinski definition) is 1. The summed E-state index contributed by atoms with van der Waals surface area (Å²) in [7, 11) is 0. The third-order valence-electron chi connectivity index (χ3n) is 1.24. The number of rotatable bonds is 0. The lowest BCUT2D eigenvalue weighted by atomic mass is 10.2. The second kappa shape index (κ2) is 1.87. The van der Waals surface area contributed by atoms with Crippen molar-refractivity contribution in [3.8, 4) is 0 Å². The highest BCUT2D eigenvalue weighted by atomic mass is 15.1. The highest BCUT2D eigenvalue weighted by molar-refractivity contribution is 5.78. The molecule has 0 saturated heterocycles. The number of allylic oxidation sites excluding steroid dienone is 1.